The first-order valence-electron chi connectivity index (χ1n) is 4.25. The molecule has 64 valence electrons. The topological polar surface area (TPSA) is 0 Å². The van der Waals surface area contributed by atoms with Crippen molar-refractivity contribution in [2.24, 2.45) is 0 Å². The summed E-state index contributed by atoms with van der Waals surface area (Å²) in [6.07, 6.45) is 3.30. The van der Waals surface area contributed by atoms with E-state index in [1.54, 1.807) is 0 Å². The molecule has 0 atom stereocenters. The summed E-state index contributed by atoms with van der Waals surface area (Å²) in [6, 6.07) is 10.5. The summed E-state index contributed by atoms with van der Waals surface area (Å²) in [5, 5.41) is 0. The maximum Gasteiger partial charge on any atom is 0.0118 e. The predicted octanol–water partition coefficient (Wildman–Crippen LogP) is 4.09. The van der Waals surface area contributed by atoms with Crippen LogP contribution in [-0.4, -0.2) is 0 Å². The average Bonchev–Trinajstić information content (AvgIpc) is 2.16. The van der Waals surface area contributed by atoms with Gasteiger partial charge in [0.25, 0.3) is 0 Å². The second-order valence-corrected chi connectivity index (χ2v) is 3.72. The van der Waals surface area contributed by atoms with Gasteiger partial charge in [-0.1, -0.05) is 43.0 Å². The van der Waals surface area contributed by atoms with E-state index in [0.29, 0.717) is 0 Å². The molecular weight excluding hydrogens is 164 g/mol. The van der Waals surface area contributed by atoms with Gasteiger partial charge < -0.3 is 0 Å². The number of thioether (sulfide) groups is 1. The average molecular weight is 178 g/mol. The highest BCUT2D eigenvalue weighted by atomic mass is 32.2. The van der Waals surface area contributed by atoms with E-state index in [4.69, 9.17) is 0 Å². The molecule has 0 heterocycles. The van der Waals surface area contributed by atoms with E-state index in [9.17, 15) is 0 Å². The Kier molecular flexibility index (Phi) is 3.95. The van der Waals surface area contributed by atoms with E-state index >= 15 is 0 Å². The lowest BCUT2D eigenvalue weighted by Gasteiger charge is -2.02. The number of hydrogen-bond donors (Lipinski definition) is 0. The van der Waals surface area contributed by atoms with E-state index in [2.05, 4.69) is 44.2 Å². The van der Waals surface area contributed by atoms with Crippen LogP contribution in [0.3, 0.4) is 0 Å². The molecule has 12 heavy (non-hydrogen) atoms. The zero-order valence-electron chi connectivity index (χ0n) is 7.58. The SMILES string of the molecule is C/C=C(\CC)Sc1ccccc1. The molecule has 0 aliphatic rings. The molecule has 0 spiro atoms. The van der Waals surface area contributed by atoms with Crippen LogP contribution in [0.15, 0.2) is 46.2 Å². The van der Waals surface area contributed by atoms with Crippen molar-refractivity contribution < 1.29 is 0 Å². The first-order valence-corrected chi connectivity index (χ1v) is 5.06. The van der Waals surface area contributed by atoms with Gasteiger partial charge in [0.1, 0.15) is 0 Å². The van der Waals surface area contributed by atoms with Gasteiger partial charge in [0.2, 0.25) is 0 Å². The summed E-state index contributed by atoms with van der Waals surface area (Å²) in [6.45, 7) is 4.28. The molecule has 0 bridgehead atoms. The van der Waals surface area contributed by atoms with Crippen molar-refractivity contribution in [2.45, 2.75) is 25.2 Å². The minimum atomic E-state index is 1.12. The summed E-state index contributed by atoms with van der Waals surface area (Å²) >= 11 is 1.85. The molecule has 0 N–H and O–H groups in total. The largest absolute Gasteiger partial charge is 0.0949 e. The Morgan fingerprint density at radius 2 is 2.00 bits per heavy atom. The molecule has 1 heteroatoms. The van der Waals surface area contributed by atoms with Gasteiger partial charge in [0.15, 0.2) is 0 Å². The van der Waals surface area contributed by atoms with Gasteiger partial charge in [-0.25, -0.2) is 0 Å². The highest BCUT2D eigenvalue weighted by molar-refractivity contribution is 8.03. The van der Waals surface area contributed by atoms with E-state index in [1.807, 2.05) is 17.8 Å². The molecule has 0 aliphatic heterocycles. The molecule has 0 saturated heterocycles. The van der Waals surface area contributed by atoms with Crippen molar-refractivity contribution in [3.63, 3.8) is 0 Å². The zero-order valence-corrected chi connectivity index (χ0v) is 8.40. The Balaban J connectivity index is 2.64. The van der Waals surface area contributed by atoms with Crippen molar-refractivity contribution in [3.8, 4) is 0 Å². The minimum absolute atomic E-state index is 1.12. The van der Waals surface area contributed by atoms with Gasteiger partial charge >= 0.3 is 0 Å². The fourth-order valence-electron chi connectivity index (χ4n) is 0.975. The summed E-state index contributed by atoms with van der Waals surface area (Å²) in [5.41, 5.74) is 0. The van der Waals surface area contributed by atoms with Crippen molar-refractivity contribution in [1.82, 2.24) is 0 Å². The zero-order chi connectivity index (χ0) is 8.81. The van der Waals surface area contributed by atoms with Crippen LogP contribution in [0.2, 0.25) is 0 Å². The van der Waals surface area contributed by atoms with Gasteiger partial charge in [-0.15, -0.1) is 0 Å². The maximum atomic E-state index is 2.19. The second kappa shape index (κ2) is 5.04. The van der Waals surface area contributed by atoms with Gasteiger partial charge in [0.05, 0.1) is 0 Å². The van der Waals surface area contributed by atoms with Crippen LogP contribution in [0.5, 0.6) is 0 Å². The third-order valence-corrected chi connectivity index (χ3v) is 2.96. The van der Waals surface area contributed by atoms with Crippen LogP contribution in [0, 0.1) is 0 Å². The fourth-order valence-corrected chi connectivity index (χ4v) is 1.83. The quantitative estimate of drug-likeness (QED) is 0.628. The molecule has 0 fully saturated rings. The normalized spacial score (nSPS) is 11.7. The summed E-state index contributed by atoms with van der Waals surface area (Å²) in [7, 11) is 0. The molecule has 0 aromatic heterocycles. The molecule has 0 aliphatic carbocycles. The Labute approximate surface area is 78.7 Å². The summed E-state index contributed by atoms with van der Waals surface area (Å²) in [5.74, 6) is 0. The molecule has 1 aromatic rings. The third-order valence-electron chi connectivity index (χ3n) is 1.66. The highest BCUT2D eigenvalue weighted by Gasteiger charge is 1.95. The smallest absolute Gasteiger partial charge is 0.0118 e. The monoisotopic (exact) mass is 178 g/mol. The molecular formula is C11H14S. The summed E-state index contributed by atoms with van der Waals surface area (Å²) < 4.78 is 0. The van der Waals surface area contributed by atoms with E-state index in [0.717, 1.165) is 6.42 Å². The second-order valence-electron chi connectivity index (χ2n) is 2.52. The molecule has 0 radical (unpaired) electrons. The number of benzene rings is 1. The summed E-state index contributed by atoms with van der Waals surface area (Å²) in [4.78, 5) is 2.76. The van der Waals surface area contributed by atoms with Crippen molar-refractivity contribution in [2.75, 3.05) is 0 Å². The lowest BCUT2D eigenvalue weighted by molar-refractivity contribution is 1.19. The fraction of sp³-hybridized carbons (Fsp3) is 0.273. The van der Waals surface area contributed by atoms with Crippen molar-refractivity contribution in [1.29, 1.82) is 0 Å². The first kappa shape index (κ1) is 9.40. The molecule has 0 nitrogen and oxygen atoms in total. The molecule has 0 amide bonds. The molecule has 0 unspecified atom stereocenters. The first-order chi connectivity index (χ1) is 5.86. The minimum Gasteiger partial charge on any atom is -0.0949 e. The van der Waals surface area contributed by atoms with Crippen molar-refractivity contribution in [3.05, 3.63) is 41.3 Å². The lowest BCUT2D eigenvalue weighted by Crippen LogP contribution is -1.73. The van der Waals surface area contributed by atoms with Crippen molar-refractivity contribution >= 4 is 11.8 Å². The van der Waals surface area contributed by atoms with Crippen LogP contribution in [0.25, 0.3) is 0 Å². The van der Waals surface area contributed by atoms with Gasteiger partial charge in [0, 0.05) is 4.90 Å². The Morgan fingerprint density at radius 3 is 2.50 bits per heavy atom. The van der Waals surface area contributed by atoms with E-state index in [-0.39, 0.29) is 0 Å². The standard InChI is InChI=1S/C11H14S/c1-3-10(4-2)12-11-8-6-5-7-9-11/h3,5-9H,4H2,1-2H3/b10-3+. The number of hydrogen-bond acceptors (Lipinski definition) is 1. The molecule has 1 rings (SSSR count). The van der Waals surface area contributed by atoms with Gasteiger partial charge in [-0.2, -0.15) is 0 Å². The predicted molar refractivity (Wildman–Crippen MR) is 56.3 cm³/mol. The number of rotatable bonds is 3. The molecule has 1 aromatic carbocycles. The Morgan fingerprint density at radius 1 is 1.33 bits per heavy atom. The van der Waals surface area contributed by atoms with Gasteiger partial charge in [-0.05, 0) is 30.4 Å². The van der Waals surface area contributed by atoms with Crippen LogP contribution in [-0.2, 0) is 0 Å². The molecule has 0 saturated carbocycles. The van der Waals surface area contributed by atoms with Crippen LogP contribution in [0.4, 0.5) is 0 Å². The third kappa shape index (κ3) is 2.74. The van der Waals surface area contributed by atoms with E-state index in [1.165, 1.54) is 9.80 Å². The van der Waals surface area contributed by atoms with Crippen LogP contribution >= 0.6 is 11.8 Å². The van der Waals surface area contributed by atoms with E-state index < -0.39 is 0 Å². The van der Waals surface area contributed by atoms with Crippen LogP contribution < -0.4 is 0 Å². The maximum absolute atomic E-state index is 2.19. The highest BCUT2D eigenvalue weighted by Crippen LogP contribution is 2.27. The van der Waals surface area contributed by atoms with Gasteiger partial charge in [-0.3, -0.25) is 0 Å². The Bertz CT molecular complexity index is 249. The lowest BCUT2D eigenvalue weighted by atomic mass is 10.4. The Hall–Kier alpha value is -0.690. The number of allylic oxidation sites excluding steroid dienone is 2. The van der Waals surface area contributed by atoms with Crippen LogP contribution in [0.1, 0.15) is 20.3 Å².